The van der Waals surface area contributed by atoms with Crippen LogP contribution in [0.4, 0.5) is 0 Å². The lowest BCUT2D eigenvalue weighted by atomic mass is 10.1. The first-order valence-corrected chi connectivity index (χ1v) is 6.67. The van der Waals surface area contributed by atoms with Crippen molar-refractivity contribution in [2.24, 2.45) is 0 Å². The van der Waals surface area contributed by atoms with E-state index >= 15 is 0 Å². The van der Waals surface area contributed by atoms with Crippen LogP contribution >= 0.6 is 11.6 Å². The van der Waals surface area contributed by atoms with Crippen molar-refractivity contribution < 1.29 is 5.11 Å². The summed E-state index contributed by atoms with van der Waals surface area (Å²) in [5.74, 6) is -0.0417. The maximum atomic E-state index is 12.0. The van der Waals surface area contributed by atoms with Gasteiger partial charge in [-0.1, -0.05) is 23.7 Å². The van der Waals surface area contributed by atoms with Crippen LogP contribution in [0.15, 0.2) is 53.3 Å². The number of aliphatic hydroxyl groups excluding tert-OH is 1. The average molecular weight is 299 g/mol. The van der Waals surface area contributed by atoms with Gasteiger partial charge in [-0.2, -0.15) is 0 Å². The standard InChI is InChI=1S/C16H11ClN2O2/c17-11-7-5-10(6-8-11)15(20)9-14-16(21)19-13-4-2-1-3-12(13)18-14/h1-9,20H,(H,19,21)/b15-9-. The summed E-state index contributed by atoms with van der Waals surface area (Å²) < 4.78 is 0. The van der Waals surface area contributed by atoms with Gasteiger partial charge in [-0.3, -0.25) is 4.79 Å². The third kappa shape index (κ3) is 2.80. The summed E-state index contributed by atoms with van der Waals surface area (Å²) in [6.45, 7) is 0. The van der Waals surface area contributed by atoms with Gasteiger partial charge < -0.3 is 10.1 Å². The quantitative estimate of drug-likeness (QED) is 0.710. The molecule has 0 saturated heterocycles. The van der Waals surface area contributed by atoms with Crippen LogP contribution in [0.2, 0.25) is 5.02 Å². The van der Waals surface area contributed by atoms with E-state index < -0.39 is 0 Å². The molecule has 0 bridgehead atoms. The molecule has 0 aliphatic heterocycles. The van der Waals surface area contributed by atoms with E-state index in [0.717, 1.165) is 0 Å². The zero-order chi connectivity index (χ0) is 14.8. The normalized spacial score (nSPS) is 11.8. The Labute approximate surface area is 125 Å². The van der Waals surface area contributed by atoms with Crippen molar-refractivity contribution in [3.05, 3.63) is 75.2 Å². The summed E-state index contributed by atoms with van der Waals surface area (Å²) in [5, 5.41) is 10.7. The van der Waals surface area contributed by atoms with Crippen molar-refractivity contribution >= 4 is 34.5 Å². The molecule has 0 spiro atoms. The van der Waals surface area contributed by atoms with Crippen LogP contribution in [-0.2, 0) is 0 Å². The largest absolute Gasteiger partial charge is 0.507 e. The average Bonchev–Trinajstić information content (AvgIpc) is 2.48. The van der Waals surface area contributed by atoms with Gasteiger partial charge in [-0.25, -0.2) is 4.98 Å². The summed E-state index contributed by atoms with van der Waals surface area (Å²) in [5.41, 5.74) is 1.68. The first kappa shape index (κ1) is 13.4. The number of aliphatic hydroxyl groups is 1. The van der Waals surface area contributed by atoms with Gasteiger partial charge in [0.05, 0.1) is 11.0 Å². The predicted molar refractivity (Wildman–Crippen MR) is 84.3 cm³/mol. The van der Waals surface area contributed by atoms with Crippen molar-refractivity contribution in [2.75, 3.05) is 0 Å². The van der Waals surface area contributed by atoms with Crippen molar-refractivity contribution in [1.29, 1.82) is 0 Å². The lowest BCUT2D eigenvalue weighted by Gasteiger charge is -2.02. The zero-order valence-electron chi connectivity index (χ0n) is 10.9. The fourth-order valence-corrected chi connectivity index (χ4v) is 2.10. The zero-order valence-corrected chi connectivity index (χ0v) is 11.6. The molecule has 21 heavy (non-hydrogen) atoms. The number of benzene rings is 2. The number of fused-ring (bicyclic) bond motifs is 1. The van der Waals surface area contributed by atoms with Crippen molar-refractivity contribution in [2.45, 2.75) is 0 Å². The van der Waals surface area contributed by atoms with Gasteiger partial charge in [0.25, 0.3) is 5.56 Å². The van der Waals surface area contributed by atoms with Gasteiger partial charge >= 0.3 is 0 Å². The van der Waals surface area contributed by atoms with Crippen LogP contribution in [-0.4, -0.2) is 15.1 Å². The molecule has 4 nitrogen and oxygen atoms in total. The minimum atomic E-state index is -0.353. The van der Waals surface area contributed by atoms with Crippen LogP contribution < -0.4 is 5.56 Å². The van der Waals surface area contributed by atoms with E-state index in [4.69, 9.17) is 11.6 Å². The Morgan fingerprint density at radius 2 is 1.86 bits per heavy atom. The van der Waals surface area contributed by atoms with Gasteiger partial charge in [-0.15, -0.1) is 0 Å². The second-order valence-electron chi connectivity index (χ2n) is 4.50. The Kier molecular flexibility index (Phi) is 3.46. The SMILES string of the molecule is O=c1[nH]c2ccccc2nc1/C=C(\O)c1ccc(Cl)cc1. The summed E-state index contributed by atoms with van der Waals surface area (Å²) in [4.78, 5) is 18.9. The Balaban J connectivity index is 2.07. The number of halogens is 1. The number of nitrogens with zero attached hydrogens (tertiary/aromatic N) is 1. The molecule has 0 unspecified atom stereocenters. The van der Waals surface area contributed by atoms with E-state index in [1.807, 2.05) is 12.1 Å². The number of rotatable bonds is 2. The number of nitrogens with one attached hydrogen (secondary N) is 1. The fourth-order valence-electron chi connectivity index (χ4n) is 1.98. The number of hydrogen-bond acceptors (Lipinski definition) is 3. The summed E-state index contributed by atoms with van der Waals surface area (Å²) >= 11 is 5.80. The van der Waals surface area contributed by atoms with Gasteiger partial charge in [0, 0.05) is 16.7 Å². The molecule has 104 valence electrons. The van der Waals surface area contributed by atoms with Crippen molar-refractivity contribution in [1.82, 2.24) is 9.97 Å². The molecule has 2 N–H and O–H groups in total. The molecule has 0 saturated carbocycles. The second-order valence-corrected chi connectivity index (χ2v) is 4.94. The first-order valence-electron chi connectivity index (χ1n) is 6.29. The molecule has 3 aromatic rings. The Morgan fingerprint density at radius 3 is 2.62 bits per heavy atom. The Hall–Kier alpha value is -2.59. The number of H-pyrrole nitrogens is 1. The molecule has 0 radical (unpaired) electrons. The summed E-state index contributed by atoms with van der Waals surface area (Å²) in [6.07, 6.45) is 1.34. The van der Waals surface area contributed by atoms with Crippen LogP contribution in [0.25, 0.3) is 22.9 Å². The first-order chi connectivity index (χ1) is 10.1. The molecule has 1 heterocycles. The Morgan fingerprint density at radius 1 is 1.14 bits per heavy atom. The van der Waals surface area contributed by atoms with Crippen LogP contribution in [0.3, 0.4) is 0 Å². The highest BCUT2D eigenvalue weighted by molar-refractivity contribution is 6.30. The minimum Gasteiger partial charge on any atom is -0.507 e. The molecular formula is C16H11ClN2O2. The maximum Gasteiger partial charge on any atom is 0.274 e. The lowest BCUT2D eigenvalue weighted by molar-refractivity contribution is 0.515. The van der Waals surface area contributed by atoms with Gasteiger partial charge in [0.2, 0.25) is 0 Å². The molecular weight excluding hydrogens is 288 g/mol. The minimum absolute atomic E-state index is 0.0417. The summed E-state index contributed by atoms with van der Waals surface area (Å²) in [7, 11) is 0. The van der Waals surface area contributed by atoms with Crippen LogP contribution in [0.1, 0.15) is 11.3 Å². The summed E-state index contributed by atoms with van der Waals surface area (Å²) in [6, 6.07) is 13.9. The van der Waals surface area contributed by atoms with Gasteiger partial charge in [-0.05, 0) is 36.4 Å². The van der Waals surface area contributed by atoms with Crippen molar-refractivity contribution in [3.8, 4) is 0 Å². The molecule has 3 rings (SSSR count). The number of aromatic nitrogens is 2. The highest BCUT2D eigenvalue weighted by Gasteiger charge is 2.05. The van der Waals surface area contributed by atoms with Gasteiger partial charge in [0.15, 0.2) is 0 Å². The maximum absolute atomic E-state index is 12.0. The molecule has 0 fully saturated rings. The fraction of sp³-hybridized carbons (Fsp3) is 0. The van der Waals surface area contributed by atoms with Crippen LogP contribution in [0, 0.1) is 0 Å². The molecule has 1 aromatic heterocycles. The second kappa shape index (κ2) is 5.42. The molecule has 2 aromatic carbocycles. The van der Waals surface area contributed by atoms with Crippen LogP contribution in [0.5, 0.6) is 0 Å². The highest BCUT2D eigenvalue weighted by Crippen LogP contribution is 2.17. The number of para-hydroxylation sites is 2. The number of aromatic amines is 1. The van der Waals surface area contributed by atoms with E-state index in [1.165, 1.54) is 6.08 Å². The van der Waals surface area contributed by atoms with E-state index in [9.17, 15) is 9.90 Å². The van der Waals surface area contributed by atoms with E-state index in [-0.39, 0.29) is 17.0 Å². The van der Waals surface area contributed by atoms with E-state index in [0.29, 0.717) is 21.6 Å². The topological polar surface area (TPSA) is 66.0 Å². The predicted octanol–water partition coefficient (Wildman–Crippen LogP) is 3.63. The van der Waals surface area contributed by atoms with E-state index in [2.05, 4.69) is 9.97 Å². The smallest absolute Gasteiger partial charge is 0.274 e. The monoisotopic (exact) mass is 298 g/mol. The molecule has 5 heteroatoms. The third-order valence-corrected chi connectivity index (χ3v) is 3.29. The lowest BCUT2D eigenvalue weighted by Crippen LogP contribution is -2.12. The molecule has 0 amide bonds. The Bertz CT molecular complexity index is 883. The van der Waals surface area contributed by atoms with E-state index in [1.54, 1.807) is 36.4 Å². The highest BCUT2D eigenvalue weighted by atomic mass is 35.5. The molecule has 0 atom stereocenters. The molecule has 0 aliphatic rings. The molecule has 0 aliphatic carbocycles. The van der Waals surface area contributed by atoms with Gasteiger partial charge in [0.1, 0.15) is 11.5 Å². The van der Waals surface area contributed by atoms with Crippen molar-refractivity contribution in [3.63, 3.8) is 0 Å². The third-order valence-electron chi connectivity index (χ3n) is 3.04. The number of hydrogen-bond donors (Lipinski definition) is 2.